The fraction of sp³-hybridized carbons (Fsp3) is 0.194. The molecular weight excluding hydrogens is 480 g/mol. The van der Waals surface area contributed by atoms with E-state index in [4.69, 9.17) is 0 Å². The summed E-state index contributed by atoms with van der Waals surface area (Å²) in [6.07, 6.45) is 0.633. The minimum Gasteiger partial charge on any atom is -0.344 e. The molecular formula is C31H32N2O3S. The van der Waals surface area contributed by atoms with E-state index in [2.05, 4.69) is 5.32 Å². The molecule has 0 saturated carbocycles. The van der Waals surface area contributed by atoms with Gasteiger partial charge in [0.05, 0.1) is 16.6 Å². The topological polar surface area (TPSA) is 66.5 Å². The summed E-state index contributed by atoms with van der Waals surface area (Å²) in [5.41, 5.74) is 5.28. The average Bonchev–Trinajstić information content (AvgIpc) is 2.91. The molecule has 1 N–H and O–H groups in total. The van der Waals surface area contributed by atoms with Crippen molar-refractivity contribution < 1.29 is 13.2 Å². The van der Waals surface area contributed by atoms with Gasteiger partial charge < -0.3 is 5.32 Å². The molecule has 5 nitrogen and oxygen atoms in total. The normalized spacial score (nSPS) is 12.1. The molecule has 6 heteroatoms. The largest absolute Gasteiger partial charge is 0.344 e. The van der Waals surface area contributed by atoms with Crippen LogP contribution in [0.15, 0.2) is 108 Å². The van der Waals surface area contributed by atoms with Crippen LogP contribution >= 0.6 is 0 Å². The number of hydrogen-bond donors (Lipinski definition) is 1. The first-order valence-corrected chi connectivity index (χ1v) is 13.8. The second kappa shape index (κ2) is 11.4. The Morgan fingerprint density at radius 2 is 1.30 bits per heavy atom. The summed E-state index contributed by atoms with van der Waals surface area (Å²) in [5, 5.41) is 3.09. The molecule has 4 aromatic rings. The van der Waals surface area contributed by atoms with Crippen LogP contribution in [0.5, 0.6) is 0 Å². The van der Waals surface area contributed by atoms with E-state index < -0.39 is 22.0 Å². The zero-order valence-corrected chi connectivity index (χ0v) is 22.2. The van der Waals surface area contributed by atoms with Crippen molar-refractivity contribution in [2.24, 2.45) is 0 Å². The zero-order chi connectivity index (χ0) is 26.4. The van der Waals surface area contributed by atoms with Crippen LogP contribution in [-0.4, -0.2) is 20.9 Å². The lowest BCUT2D eigenvalue weighted by molar-refractivity contribution is -0.120. The highest BCUT2D eigenvalue weighted by atomic mass is 32.2. The number of aryl methyl sites for hydroxylation is 3. The van der Waals surface area contributed by atoms with Crippen molar-refractivity contribution in [3.63, 3.8) is 0 Å². The lowest BCUT2D eigenvalue weighted by Crippen LogP contribution is -2.42. The molecule has 0 heterocycles. The highest BCUT2D eigenvalue weighted by Gasteiger charge is 2.29. The maximum absolute atomic E-state index is 13.9. The van der Waals surface area contributed by atoms with Gasteiger partial charge in [-0.15, -0.1) is 0 Å². The summed E-state index contributed by atoms with van der Waals surface area (Å²) in [7, 11) is -4.00. The first-order valence-electron chi connectivity index (χ1n) is 12.4. The van der Waals surface area contributed by atoms with Crippen LogP contribution in [0, 0.1) is 13.8 Å². The number of nitrogens with one attached hydrogen (secondary N) is 1. The SMILES string of the molecule is CCc1ccccc1N(CC(=O)N[C@H](c1ccccc1)c1ccc(C)cc1)S(=O)(=O)c1ccc(C)cc1. The summed E-state index contributed by atoms with van der Waals surface area (Å²) >= 11 is 0. The Balaban J connectivity index is 1.71. The molecule has 4 rings (SSSR count). The Hall–Kier alpha value is -3.90. The third-order valence-corrected chi connectivity index (χ3v) is 8.16. The smallest absolute Gasteiger partial charge is 0.264 e. The van der Waals surface area contributed by atoms with Crippen molar-refractivity contribution in [3.05, 3.63) is 131 Å². The van der Waals surface area contributed by atoms with Crippen LogP contribution in [0.1, 0.15) is 40.8 Å². The maximum atomic E-state index is 13.9. The molecule has 0 saturated heterocycles. The lowest BCUT2D eigenvalue weighted by atomic mass is 9.98. The number of para-hydroxylation sites is 1. The summed E-state index contributed by atoms with van der Waals surface area (Å²) in [6, 6.07) is 31.3. The van der Waals surface area contributed by atoms with Crippen molar-refractivity contribution >= 4 is 21.6 Å². The van der Waals surface area contributed by atoms with Crippen LogP contribution < -0.4 is 9.62 Å². The van der Waals surface area contributed by atoms with E-state index >= 15 is 0 Å². The highest BCUT2D eigenvalue weighted by Crippen LogP contribution is 2.28. The van der Waals surface area contributed by atoms with Gasteiger partial charge in [0.2, 0.25) is 5.91 Å². The van der Waals surface area contributed by atoms with Gasteiger partial charge in [0.25, 0.3) is 10.0 Å². The molecule has 190 valence electrons. The number of anilines is 1. The molecule has 0 aliphatic rings. The summed E-state index contributed by atoms with van der Waals surface area (Å²) in [6.45, 7) is 5.54. The molecule has 0 bridgehead atoms. The first kappa shape index (κ1) is 26.2. The van der Waals surface area contributed by atoms with Gasteiger partial charge in [0, 0.05) is 0 Å². The number of carbonyl (C=O) groups excluding carboxylic acids is 1. The van der Waals surface area contributed by atoms with Crippen molar-refractivity contribution in [1.29, 1.82) is 0 Å². The maximum Gasteiger partial charge on any atom is 0.264 e. The van der Waals surface area contributed by atoms with Crippen LogP contribution in [0.3, 0.4) is 0 Å². The fourth-order valence-electron chi connectivity index (χ4n) is 4.29. The predicted octanol–water partition coefficient (Wildman–Crippen LogP) is 5.97. The van der Waals surface area contributed by atoms with Gasteiger partial charge in [0.1, 0.15) is 6.54 Å². The van der Waals surface area contributed by atoms with E-state index in [0.717, 1.165) is 27.8 Å². The van der Waals surface area contributed by atoms with Crippen molar-refractivity contribution in [3.8, 4) is 0 Å². The van der Waals surface area contributed by atoms with Gasteiger partial charge in [-0.1, -0.05) is 103 Å². The van der Waals surface area contributed by atoms with Crippen LogP contribution in [-0.2, 0) is 21.2 Å². The van der Waals surface area contributed by atoms with Crippen molar-refractivity contribution in [2.75, 3.05) is 10.8 Å². The monoisotopic (exact) mass is 512 g/mol. The first-order chi connectivity index (χ1) is 17.8. The van der Waals surface area contributed by atoms with E-state index in [-0.39, 0.29) is 11.4 Å². The number of sulfonamides is 1. The van der Waals surface area contributed by atoms with E-state index in [1.54, 1.807) is 36.4 Å². The van der Waals surface area contributed by atoms with Gasteiger partial charge >= 0.3 is 0 Å². The van der Waals surface area contributed by atoms with Crippen LogP contribution in [0.2, 0.25) is 0 Å². The second-order valence-electron chi connectivity index (χ2n) is 9.13. The van der Waals surface area contributed by atoms with E-state index in [9.17, 15) is 13.2 Å². The average molecular weight is 513 g/mol. The molecule has 37 heavy (non-hydrogen) atoms. The Morgan fingerprint density at radius 3 is 1.92 bits per heavy atom. The van der Waals surface area contributed by atoms with Gasteiger partial charge in [-0.05, 0) is 55.2 Å². The Kier molecular flexibility index (Phi) is 8.09. The Labute approximate surface area is 219 Å². The third kappa shape index (κ3) is 6.09. The van der Waals surface area contributed by atoms with Crippen LogP contribution in [0.25, 0.3) is 0 Å². The molecule has 0 aliphatic carbocycles. The molecule has 1 amide bonds. The molecule has 1 atom stereocenters. The Bertz CT molecular complexity index is 1450. The molecule has 0 unspecified atom stereocenters. The summed E-state index contributed by atoms with van der Waals surface area (Å²) < 4.78 is 28.9. The highest BCUT2D eigenvalue weighted by molar-refractivity contribution is 7.92. The number of rotatable bonds is 9. The molecule has 0 aliphatic heterocycles. The van der Waals surface area contributed by atoms with Crippen molar-refractivity contribution in [1.82, 2.24) is 5.32 Å². The van der Waals surface area contributed by atoms with Gasteiger partial charge in [-0.2, -0.15) is 0 Å². The molecule has 0 radical (unpaired) electrons. The number of carbonyl (C=O) groups is 1. The van der Waals surface area contributed by atoms with Gasteiger partial charge in [-0.3, -0.25) is 9.10 Å². The molecule has 4 aromatic carbocycles. The van der Waals surface area contributed by atoms with E-state index in [1.807, 2.05) is 87.5 Å². The summed E-state index contributed by atoms with van der Waals surface area (Å²) in [5.74, 6) is -0.393. The predicted molar refractivity (Wildman–Crippen MR) is 149 cm³/mol. The molecule has 0 aromatic heterocycles. The Morgan fingerprint density at radius 1 is 0.757 bits per heavy atom. The van der Waals surface area contributed by atoms with Crippen molar-refractivity contribution in [2.45, 2.75) is 38.1 Å². The fourth-order valence-corrected chi connectivity index (χ4v) is 5.75. The minimum atomic E-state index is -4.00. The summed E-state index contributed by atoms with van der Waals surface area (Å²) in [4.78, 5) is 13.7. The standard InChI is InChI=1S/C31H32N2O3S/c1-4-25-10-8-9-13-29(25)33(37(35,36)28-20-16-24(3)17-21-28)22-30(34)32-31(26-11-6-5-7-12-26)27-18-14-23(2)15-19-27/h5-21,31H,4,22H2,1-3H3,(H,32,34)/t31-/m1/s1. The van der Waals surface area contributed by atoms with Crippen LogP contribution in [0.4, 0.5) is 5.69 Å². The number of amides is 1. The minimum absolute atomic E-state index is 0.148. The van der Waals surface area contributed by atoms with Gasteiger partial charge in [-0.25, -0.2) is 8.42 Å². The van der Waals surface area contributed by atoms with E-state index in [0.29, 0.717) is 12.1 Å². The third-order valence-electron chi connectivity index (χ3n) is 6.39. The van der Waals surface area contributed by atoms with Gasteiger partial charge in [0.15, 0.2) is 0 Å². The lowest BCUT2D eigenvalue weighted by Gasteiger charge is -2.27. The number of benzene rings is 4. The number of nitrogens with zero attached hydrogens (tertiary/aromatic N) is 1. The number of hydrogen-bond acceptors (Lipinski definition) is 3. The second-order valence-corrected chi connectivity index (χ2v) is 11.0. The molecule has 0 fully saturated rings. The molecule has 0 spiro atoms. The quantitative estimate of drug-likeness (QED) is 0.301. The zero-order valence-electron chi connectivity index (χ0n) is 21.4. The van der Waals surface area contributed by atoms with E-state index in [1.165, 1.54) is 4.31 Å².